The summed E-state index contributed by atoms with van der Waals surface area (Å²) in [6, 6.07) is 11.1. The van der Waals surface area contributed by atoms with Gasteiger partial charge < -0.3 is 20.4 Å². The van der Waals surface area contributed by atoms with Crippen LogP contribution >= 0.6 is 0 Å². The van der Waals surface area contributed by atoms with E-state index in [-0.39, 0.29) is 18.0 Å². The molecular weight excluding hydrogens is 342 g/mol. The molecule has 27 heavy (non-hydrogen) atoms. The van der Waals surface area contributed by atoms with Gasteiger partial charge in [-0.05, 0) is 19.0 Å². The Kier molecular flexibility index (Phi) is 6.68. The molecule has 0 spiro atoms. The summed E-state index contributed by atoms with van der Waals surface area (Å²) in [4.78, 5) is 29.8. The van der Waals surface area contributed by atoms with Crippen molar-refractivity contribution in [2.45, 2.75) is 25.4 Å². The number of nitrogens with zero attached hydrogens (tertiary/aromatic N) is 3. The third kappa shape index (κ3) is 5.43. The van der Waals surface area contributed by atoms with Gasteiger partial charge in [0, 0.05) is 58.8 Å². The van der Waals surface area contributed by atoms with Crippen molar-refractivity contribution in [3.8, 4) is 0 Å². The van der Waals surface area contributed by atoms with Crippen molar-refractivity contribution in [3.63, 3.8) is 0 Å². The zero-order valence-electron chi connectivity index (χ0n) is 16.4. The van der Waals surface area contributed by atoms with Crippen LogP contribution in [0, 0.1) is 0 Å². The number of urea groups is 1. The van der Waals surface area contributed by atoms with Crippen LogP contribution in [0.25, 0.3) is 0 Å². The van der Waals surface area contributed by atoms with Crippen LogP contribution in [0.1, 0.15) is 24.9 Å². The standard InChI is InChI=1S/C20H31N5O2/c1-16(26)22-18-13-25(14-18)20(27)21-9-6-10-24-12-11-23(2)15-19(24)17-7-4-3-5-8-17/h3-5,7-8,18-19H,6,9-15H2,1-2H3,(H,21,27)(H,22,26). The molecular formula is C20H31N5O2. The molecule has 1 unspecified atom stereocenters. The fourth-order valence-corrected chi connectivity index (χ4v) is 3.83. The predicted octanol–water partition coefficient (Wildman–Crippen LogP) is 0.895. The van der Waals surface area contributed by atoms with Gasteiger partial charge in [-0.15, -0.1) is 0 Å². The summed E-state index contributed by atoms with van der Waals surface area (Å²) >= 11 is 0. The van der Waals surface area contributed by atoms with Gasteiger partial charge in [-0.3, -0.25) is 9.69 Å². The highest BCUT2D eigenvalue weighted by Crippen LogP contribution is 2.24. The number of carbonyl (C=O) groups is 2. The first-order chi connectivity index (χ1) is 13.0. The second kappa shape index (κ2) is 9.19. The molecule has 0 aromatic heterocycles. The number of piperazine rings is 1. The Bertz CT molecular complexity index is 633. The van der Waals surface area contributed by atoms with E-state index >= 15 is 0 Å². The van der Waals surface area contributed by atoms with E-state index in [4.69, 9.17) is 0 Å². The van der Waals surface area contributed by atoms with Crippen LogP contribution in [0.15, 0.2) is 30.3 Å². The van der Waals surface area contributed by atoms with Crippen molar-refractivity contribution < 1.29 is 9.59 Å². The average Bonchev–Trinajstić information content (AvgIpc) is 2.62. The molecule has 0 aliphatic carbocycles. The molecule has 0 radical (unpaired) electrons. The molecule has 1 atom stereocenters. The maximum atomic E-state index is 12.1. The lowest BCUT2D eigenvalue weighted by molar-refractivity contribution is -0.120. The largest absolute Gasteiger partial charge is 0.350 e. The van der Waals surface area contributed by atoms with E-state index in [1.165, 1.54) is 12.5 Å². The third-order valence-electron chi connectivity index (χ3n) is 5.35. The van der Waals surface area contributed by atoms with Crippen LogP contribution in [0.4, 0.5) is 4.79 Å². The molecule has 3 amide bonds. The first kappa shape index (κ1) is 19.6. The van der Waals surface area contributed by atoms with Crippen LogP contribution in [-0.2, 0) is 4.79 Å². The second-order valence-corrected chi connectivity index (χ2v) is 7.61. The molecule has 1 aromatic rings. The first-order valence-electron chi connectivity index (χ1n) is 9.80. The maximum Gasteiger partial charge on any atom is 0.317 e. The molecule has 148 valence electrons. The van der Waals surface area contributed by atoms with E-state index in [2.05, 4.69) is 57.8 Å². The lowest BCUT2D eigenvalue weighted by Crippen LogP contribution is -2.62. The Morgan fingerprint density at radius 1 is 1.11 bits per heavy atom. The van der Waals surface area contributed by atoms with E-state index in [0.29, 0.717) is 25.7 Å². The topological polar surface area (TPSA) is 67.9 Å². The highest BCUT2D eigenvalue weighted by molar-refractivity contribution is 5.77. The van der Waals surface area contributed by atoms with Crippen molar-refractivity contribution in [1.29, 1.82) is 0 Å². The molecule has 2 fully saturated rings. The van der Waals surface area contributed by atoms with Crippen molar-refractivity contribution >= 4 is 11.9 Å². The molecule has 1 aromatic carbocycles. The van der Waals surface area contributed by atoms with E-state index in [1.54, 1.807) is 4.90 Å². The summed E-state index contributed by atoms with van der Waals surface area (Å²) in [7, 11) is 2.18. The smallest absolute Gasteiger partial charge is 0.317 e. The molecule has 2 N–H and O–H groups in total. The van der Waals surface area contributed by atoms with Gasteiger partial charge in [-0.2, -0.15) is 0 Å². The Morgan fingerprint density at radius 2 is 1.85 bits per heavy atom. The van der Waals surface area contributed by atoms with Gasteiger partial charge >= 0.3 is 6.03 Å². The molecule has 2 saturated heterocycles. The minimum absolute atomic E-state index is 0.0328. The Labute approximate surface area is 161 Å². The fraction of sp³-hybridized carbons (Fsp3) is 0.600. The van der Waals surface area contributed by atoms with Gasteiger partial charge in [0.15, 0.2) is 0 Å². The van der Waals surface area contributed by atoms with E-state index in [9.17, 15) is 9.59 Å². The summed E-state index contributed by atoms with van der Waals surface area (Å²) in [5.41, 5.74) is 1.36. The minimum Gasteiger partial charge on any atom is -0.350 e. The highest BCUT2D eigenvalue weighted by atomic mass is 16.2. The number of rotatable bonds is 6. The molecule has 0 bridgehead atoms. The molecule has 2 aliphatic heterocycles. The van der Waals surface area contributed by atoms with Gasteiger partial charge in [-0.1, -0.05) is 30.3 Å². The van der Waals surface area contributed by atoms with Crippen LogP contribution in [0.5, 0.6) is 0 Å². The molecule has 0 saturated carbocycles. The summed E-state index contributed by atoms with van der Waals surface area (Å²) in [6.07, 6.45) is 0.932. The fourth-order valence-electron chi connectivity index (χ4n) is 3.83. The first-order valence-corrected chi connectivity index (χ1v) is 9.80. The predicted molar refractivity (Wildman–Crippen MR) is 105 cm³/mol. The summed E-state index contributed by atoms with van der Waals surface area (Å²) in [5.74, 6) is -0.0415. The van der Waals surface area contributed by atoms with Gasteiger partial charge in [0.1, 0.15) is 0 Å². The summed E-state index contributed by atoms with van der Waals surface area (Å²) < 4.78 is 0. The van der Waals surface area contributed by atoms with Gasteiger partial charge in [0.05, 0.1) is 6.04 Å². The second-order valence-electron chi connectivity index (χ2n) is 7.61. The molecule has 3 rings (SSSR count). The summed E-state index contributed by atoms with van der Waals surface area (Å²) in [5, 5.41) is 5.83. The van der Waals surface area contributed by atoms with Crippen LogP contribution in [-0.4, -0.2) is 85.5 Å². The van der Waals surface area contributed by atoms with Gasteiger partial charge in [-0.25, -0.2) is 4.79 Å². The number of amides is 3. The molecule has 7 heteroatoms. The lowest BCUT2D eigenvalue weighted by atomic mass is 10.0. The minimum atomic E-state index is -0.0415. The van der Waals surface area contributed by atoms with Gasteiger partial charge in [0.2, 0.25) is 5.91 Å². The Balaban J connectivity index is 1.39. The quantitative estimate of drug-likeness (QED) is 0.727. The average molecular weight is 374 g/mol. The number of likely N-dealkylation sites (tertiary alicyclic amines) is 1. The lowest BCUT2D eigenvalue weighted by Gasteiger charge is -2.40. The highest BCUT2D eigenvalue weighted by Gasteiger charge is 2.31. The number of nitrogens with one attached hydrogen (secondary N) is 2. The van der Waals surface area contributed by atoms with Crippen molar-refractivity contribution in [3.05, 3.63) is 35.9 Å². The normalized spacial score (nSPS) is 21.6. The number of likely N-dealkylation sites (N-methyl/N-ethyl adjacent to an activating group) is 1. The monoisotopic (exact) mass is 373 g/mol. The van der Waals surface area contributed by atoms with Crippen LogP contribution in [0.2, 0.25) is 0 Å². The van der Waals surface area contributed by atoms with Gasteiger partial charge in [0.25, 0.3) is 0 Å². The van der Waals surface area contributed by atoms with Crippen molar-refractivity contribution in [2.24, 2.45) is 0 Å². The number of hydrogen-bond acceptors (Lipinski definition) is 4. The van der Waals surface area contributed by atoms with Crippen LogP contribution in [0.3, 0.4) is 0 Å². The van der Waals surface area contributed by atoms with E-state index in [0.717, 1.165) is 32.6 Å². The number of carbonyl (C=O) groups excluding carboxylic acids is 2. The van der Waals surface area contributed by atoms with E-state index in [1.807, 2.05) is 0 Å². The van der Waals surface area contributed by atoms with Crippen molar-refractivity contribution in [1.82, 2.24) is 25.3 Å². The molecule has 7 nitrogen and oxygen atoms in total. The Hall–Kier alpha value is -2.12. The van der Waals surface area contributed by atoms with E-state index < -0.39 is 0 Å². The zero-order chi connectivity index (χ0) is 19.2. The molecule has 2 aliphatic rings. The van der Waals surface area contributed by atoms with Crippen LogP contribution < -0.4 is 10.6 Å². The molecule has 2 heterocycles. The zero-order valence-corrected chi connectivity index (χ0v) is 16.4. The maximum absolute atomic E-state index is 12.1. The summed E-state index contributed by atoms with van der Waals surface area (Å²) in [6.45, 7) is 7.51. The van der Waals surface area contributed by atoms with Crippen molar-refractivity contribution in [2.75, 3.05) is 52.9 Å². The SMILES string of the molecule is CC(=O)NC1CN(C(=O)NCCCN2CCN(C)CC2c2ccccc2)C1. The number of hydrogen-bond donors (Lipinski definition) is 2. The number of benzene rings is 1. The Morgan fingerprint density at radius 3 is 2.56 bits per heavy atom. The third-order valence-corrected chi connectivity index (χ3v) is 5.35.